The quantitative estimate of drug-likeness (QED) is 0.337. The van der Waals surface area contributed by atoms with Gasteiger partial charge < -0.3 is 9.30 Å². The molecule has 0 aliphatic carbocycles. The molecule has 2 aromatic rings. The number of benzene rings is 1. The lowest BCUT2D eigenvalue weighted by Crippen LogP contribution is -2.16. The highest BCUT2D eigenvalue weighted by Gasteiger charge is 2.23. The van der Waals surface area contributed by atoms with Crippen molar-refractivity contribution < 1.29 is 19.2 Å². The van der Waals surface area contributed by atoms with Gasteiger partial charge in [0.2, 0.25) is 5.78 Å². The number of ketones is 1. The lowest BCUT2D eigenvalue weighted by atomic mass is 10.1. The third-order valence-corrected chi connectivity index (χ3v) is 4.14. The molecule has 8 heteroatoms. The van der Waals surface area contributed by atoms with Gasteiger partial charge in [0.1, 0.15) is 5.56 Å². The Morgan fingerprint density at radius 3 is 2.48 bits per heavy atom. The number of esters is 1. The van der Waals surface area contributed by atoms with Crippen LogP contribution in [-0.2, 0) is 11.3 Å². The number of hydrogen-bond acceptors (Lipinski definition) is 5. The number of Topliss-reactive ketones (excluding diaryl/α,β-unsaturated/α-hetero) is 1. The van der Waals surface area contributed by atoms with E-state index in [1.165, 1.54) is 12.1 Å². The van der Waals surface area contributed by atoms with Crippen molar-refractivity contribution in [3.63, 3.8) is 0 Å². The van der Waals surface area contributed by atoms with Crippen LogP contribution in [0.15, 0.2) is 24.3 Å². The third-order valence-electron chi connectivity index (χ3n) is 3.90. The van der Waals surface area contributed by atoms with E-state index in [0.717, 1.165) is 24.0 Å². The van der Waals surface area contributed by atoms with E-state index in [0.29, 0.717) is 5.56 Å². The topological polar surface area (TPSA) is 91.4 Å². The summed E-state index contributed by atoms with van der Waals surface area (Å²) in [7, 11) is 0. The molecule has 0 fully saturated rings. The van der Waals surface area contributed by atoms with Crippen LogP contribution in [0.3, 0.4) is 0 Å². The van der Waals surface area contributed by atoms with Gasteiger partial charge in [-0.1, -0.05) is 11.6 Å². The van der Waals surface area contributed by atoms with E-state index in [2.05, 4.69) is 0 Å². The largest absolute Gasteiger partial charge is 0.454 e. The summed E-state index contributed by atoms with van der Waals surface area (Å²) in [5.74, 6) is -1.31. The smallest absolute Gasteiger partial charge is 0.345 e. The molecule has 25 heavy (non-hydrogen) atoms. The number of nitro groups is 1. The van der Waals surface area contributed by atoms with Gasteiger partial charge in [-0.25, -0.2) is 4.79 Å². The highest BCUT2D eigenvalue weighted by molar-refractivity contribution is 6.31. The number of carbonyl (C=O) groups is 2. The van der Waals surface area contributed by atoms with Crippen molar-refractivity contribution in [2.45, 2.75) is 27.3 Å². The maximum Gasteiger partial charge on any atom is 0.345 e. The third kappa shape index (κ3) is 3.88. The SMILES string of the molecule is CCn1c(C)cc(C(=O)COC(=O)c2ccc(Cl)cc2[N+](=O)[O-])c1C. The van der Waals surface area contributed by atoms with Crippen LogP contribution in [0.5, 0.6) is 0 Å². The van der Waals surface area contributed by atoms with Crippen LogP contribution in [-0.4, -0.2) is 27.8 Å². The standard InChI is InChI=1S/C17H17ClN2O5/c1-4-19-10(2)7-14(11(19)3)16(21)9-25-17(22)13-6-5-12(18)8-15(13)20(23)24/h5-8H,4,9H2,1-3H3. The van der Waals surface area contributed by atoms with Gasteiger partial charge in [0, 0.05) is 34.6 Å². The number of nitro benzene ring substituents is 1. The van der Waals surface area contributed by atoms with Gasteiger partial charge in [-0.15, -0.1) is 0 Å². The molecule has 1 heterocycles. The number of rotatable bonds is 6. The number of carbonyl (C=O) groups excluding carboxylic acids is 2. The molecule has 0 radical (unpaired) electrons. The summed E-state index contributed by atoms with van der Waals surface area (Å²) in [4.78, 5) is 34.7. The minimum atomic E-state index is -0.944. The number of aryl methyl sites for hydroxylation is 1. The molecular weight excluding hydrogens is 348 g/mol. The van der Waals surface area contributed by atoms with Crippen LogP contribution in [0.2, 0.25) is 5.02 Å². The zero-order valence-corrected chi connectivity index (χ0v) is 14.8. The van der Waals surface area contributed by atoms with Crippen LogP contribution in [0.1, 0.15) is 39.0 Å². The molecule has 132 valence electrons. The van der Waals surface area contributed by atoms with Crippen molar-refractivity contribution in [2.24, 2.45) is 0 Å². The molecule has 1 aromatic heterocycles. The molecule has 0 spiro atoms. The number of hydrogen-bond donors (Lipinski definition) is 0. The van der Waals surface area contributed by atoms with Crippen molar-refractivity contribution in [2.75, 3.05) is 6.61 Å². The van der Waals surface area contributed by atoms with Crippen LogP contribution < -0.4 is 0 Å². The fraction of sp³-hybridized carbons (Fsp3) is 0.294. The molecule has 1 aromatic carbocycles. The van der Waals surface area contributed by atoms with Crippen LogP contribution in [0, 0.1) is 24.0 Å². The molecule has 0 saturated carbocycles. The monoisotopic (exact) mass is 364 g/mol. The fourth-order valence-corrected chi connectivity index (χ4v) is 2.85. The van der Waals surface area contributed by atoms with Crippen LogP contribution in [0.25, 0.3) is 0 Å². The molecular formula is C17H17ClN2O5. The summed E-state index contributed by atoms with van der Waals surface area (Å²) >= 11 is 5.71. The maximum atomic E-state index is 12.3. The first-order valence-corrected chi connectivity index (χ1v) is 7.95. The Balaban J connectivity index is 2.15. The van der Waals surface area contributed by atoms with E-state index in [9.17, 15) is 19.7 Å². The van der Waals surface area contributed by atoms with Gasteiger partial charge in [0.15, 0.2) is 6.61 Å². The lowest BCUT2D eigenvalue weighted by Gasteiger charge is -2.07. The lowest BCUT2D eigenvalue weighted by molar-refractivity contribution is -0.385. The van der Waals surface area contributed by atoms with Crippen molar-refractivity contribution in [3.8, 4) is 0 Å². The summed E-state index contributed by atoms with van der Waals surface area (Å²) in [6.07, 6.45) is 0. The predicted molar refractivity (Wildman–Crippen MR) is 92.3 cm³/mol. The van der Waals surface area contributed by atoms with E-state index in [1.807, 2.05) is 25.3 Å². The minimum Gasteiger partial charge on any atom is -0.454 e. The molecule has 2 rings (SSSR count). The Morgan fingerprint density at radius 2 is 1.92 bits per heavy atom. The summed E-state index contributed by atoms with van der Waals surface area (Å²) in [5, 5.41) is 11.2. The Hall–Kier alpha value is -2.67. The average molecular weight is 365 g/mol. The van der Waals surface area contributed by atoms with Crippen molar-refractivity contribution in [3.05, 3.63) is 61.9 Å². The zero-order chi connectivity index (χ0) is 18.7. The summed E-state index contributed by atoms with van der Waals surface area (Å²) in [5.41, 5.74) is 1.48. The summed E-state index contributed by atoms with van der Waals surface area (Å²) in [6.45, 7) is 5.90. The molecule has 0 aliphatic heterocycles. The molecule has 7 nitrogen and oxygen atoms in total. The number of aromatic nitrogens is 1. The minimum absolute atomic E-state index is 0.131. The first kappa shape index (κ1) is 18.7. The van der Waals surface area contributed by atoms with Crippen LogP contribution in [0.4, 0.5) is 5.69 Å². The number of ether oxygens (including phenoxy) is 1. The molecule has 0 aliphatic rings. The van der Waals surface area contributed by atoms with E-state index < -0.39 is 23.2 Å². The van der Waals surface area contributed by atoms with Gasteiger partial charge in [0.25, 0.3) is 5.69 Å². The van der Waals surface area contributed by atoms with Gasteiger partial charge in [-0.2, -0.15) is 0 Å². The molecule has 0 amide bonds. The Labute approximate surface area is 149 Å². The molecule has 0 saturated heterocycles. The Kier molecular flexibility index (Phi) is 5.58. The first-order valence-electron chi connectivity index (χ1n) is 7.57. The van der Waals surface area contributed by atoms with Gasteiger partial charge in [0.05, 0.1) is 4.92 Å². The average Bonchev–Trinajstić information content (AvgIpc) is 2.86. The van der Waals surface area contributed by atoms with E-state index in [1.54, 1.807) is 6.07 Å². The normalized spacial score (nSPS) is 10.6. The second kappa shape index (κ2) is 7.48. The highest BCUT2D eigenvalue weighted by Crippen LogP contribution is 2.24. The van der Waals surface area contributed by atoms with Crippen molar-refractivity contribution in [1.82, 2.24) is 4.57 Å². The van der Waals surface area contributed by atoms with E-state index in [-0.39, 0.29) is 16.4 Å². The van der Waals surface area contributed by atoms with Gasteiger partial charge >= 0.3 is 5.97 Å². The van der Waals surface area contributed by atoms with Crippen molar-refractivity contribution >= 4 is 29.0 Å². The predicted octanol–water partition coefficient (Wildman–Crippen LogP) is 3.73. The first-order chi connectivity index (χ1) is 11.8. The molecule has 0 bridgehead atoms. The van der Waals surface area contributed by atoms with Gasteiger partial charge in [-0.05, 0) is 39.0 Å². The second-order valence-electron chi connectivity index (χ2n) is 5.45. The zero-order valence-electron chi connectivity index (χ0n) is 14.0. The molecule has 0 N–H and O–H groups in total. The second-order valence-corrected chi connectivity index (χ2v) is 5.88. The maximum absolute atomic E-state index is 12.3. The fourth-order valence-electron chi connectivity index (χ4n) is 2.69. The number of halogens is 1. The van der Waals surface area contributed by atoms with E-state index in [4.69, 9.17) is 16.3 Å². The Bertz CT molecular complexity index is 857. The molecule has 0 unspecified atom stereocenters. The van der Waals surface area contributed by atoms with Crippen molar-refractivity contribution in [1.29, 1.82) is 0 Å². The van der Waals surface area contributed by atoms with Gasteiger partial charge in [-0.3, -0.25) is 14.9 Å². The highest BCUT2D eigenvalue weighted by atomic mass is 35.5. The summed E-state index contributed by atoms with van der Waals surface area (Å²) in [6, 6.07) is 5.35. The van der Waals surface area contributed by atoms with E-state index >= 15 is 0 Å². The summed E-state index contributed by atoms with van der Waals surface area (Å²) < 4.78 is 6.94. The number of nitrogens with zero attached hydrogens (tertiary/aromatic N) is 2. The molecule has 0 atom stereocenters. The van der Waals surface area contributed by atoms with Crippen LogP contribution >= 0.6 is 11.6 Å². The Morgan fingerprint density at radius 1 is 1.24 bits per heavy atom.